The molecule has 0 bridgehead atoms. The van der Waals surface area contributed by atoms with Crippen LogP contribution in [0.1, 0.15) is 35.7 Å². The Morgan fingerprint density at radius 3 is 2.81 bits per heavy atom. The normalized spacial score (nSPS) is 13.4. The molecular weight excluding hydrogens is 436 g/mol. The standard InChI is InChI=1S/C21H22N4O4S2/c1-2-3-8-25-18-7-5-15(31(22,28)29)11-17(18)24-21(25)30-12-19(26)13-4-6-16-14(9-13)10-20(27)23-16/h4-7,9,11H,2-3,8,10,12H2,1H3,(H,23,27)(H2,22,28,29). The number of carbonyl (C=O) groups excluding carboxylic acids is 2. The van der Waals surface area contributed by atoms with Crippen molar-refractivity contribution < 1.29 is 18.0 Å². The Balaban J connectivity index is 1.59. The Morgan fingerprint density at radius 1 is 1.26 bits per heavy atom. The van der Waals surface area contributed by atoms with Gasteiger partial charge in [-0.2, -0.15) is 0 Å². The van der Waals surface area contributed by atoms with Gasteiger partial charge >= 0.3 is 0 Å². The second-order valence-electron chi connectivity index (χ2n) is 7.40. The van der Waals surface area contributed by atoms with Crippen LogP contribution in [-0.2, 0) is 27.8 Å². The van der Waals surface area contributed by atoms with Crippen LogP contribution in [0.25, 0.3) is 11.0 Å². The molecule has 31 heavy (non-hydrogen) atoms. The number of anilines is 1. The van der Waals surface area contributed by atoms with E-state index < -0.39 is 10.0 Å². The van der Waals surface area contributed by atoms with Gasteiger partial charge in [-0.25, -0.2) is 18.5 Å². The van der Waals surface area contributed by atoms with Gasteiger partial charge in [0, 0.05) is 17.8 Å². The van der Waals surface area contributed by atoms with Crippen LogP contribution in [0.15, 0.2) is 46.5 Å². The van der Waals surface area contributed by atoms with Crippen LogP contribution >= 0.6 is 11.8 Å². The van der Waals surface area contributed by atoms with Crippen molar-refractivity contribution in [3.8, 4) is 0 Å². The monoisotopic (exact) mass is 458 g/mol. The first-order valence-electron chi connectivity index (χ1n) is 9.88. The van der Waals surface area contributed by atoms with E-state index in [9.17, 15) is 18.0 Å². The molecule has 1 aromatic heterocycles. The van der Waals surface area contributed by atoms with E-state index in [0.717, 1.165) is 29.6 Å². The topological polar surface area (TPSA) is 124 Å². The molecule has 0 atom stereocenters. The summed E-state index contributed by atoms with van der Waals surface area (Å²) in [5, 5.41) is 8.66. The quantitative estimate of drug-likeness (QED) is 0.395. The minimum atomic E-state index is -3.82. The van der Waals surface area contributed by atoms with Crippen LogP contribution in [0.3, 0.4) is 0 Å². The van der Waals surface area contributed by atoms with Gasteiger partial charge < -0.3 is 9.88 Å². The summed E-state index contributed by atoms with van der Waals surface area (Å²) >= 11 is 1.31. The molecule has 0 radical (unpaired) electrons. The molecule has 3 aromatic rings. The number of nitrogens with zero attached hydrogens (tertiary/aromatic N) is 2. The van der Waals surface area contributed by atoms with Crippen LogP contribution in [0, 0.1) is 0 Å². The third kappa shape index (κ3) is 4.51. The number of thioether (sulfide) groups is 1. The number of hydrogen-bond donors (Lipinski definition) is 2. The van der Waals surface area contributed by atoms with Crippen molar-refractivity contribution in [2.24, 2.45) is 5.14 Å². The molecule has 3 N–H and O–H groups in total. The number of unbranched alkanes of at least 4 members (excludes halogenated alkanes) is 1. The number of imidazole rings is 1. The van der Waals surface area contributed by atoms with Crippen LogP contribution in [0.2, 0.25) is 0 Å². The number of Topliss-reactive ketones (excluding diaryl/α,β-unsaturated/α-hetero) is 1. The number of aryl methyl sites for hydroxylation is 1. The lowest BCUT2D eigenvalue weighted by Gasteiger charge is -2.08. The van der Waals surface area contributed by atoms with E-state index in [1.165, 1.54) is 23.9 Å². The number of aromatic nitrogens is 2. The SMILES string of the molecule is CCCCn1c(SCC(=O)c2ccc3c(c2)CC(=O)N3)nc2cc(S(N)(=O)=O)ccc21. The summed E-state index contributed by atoms with van der Waals surface area (Å²) in [5.41, 5.74) is 3.46. The maximum Gasteiger partial charge on any atom is 0.238 e. The van der Waals surface area contributed by atoms with Gasteiger partial charge in [0.15, 0.2) is 10.9 Å². The van der Waals surface area contributed by atoms with Crippen molar-refractivity contribution in [3.05, 3.63) is 47.5 Å². The van der Waals surface area contributed by atoms with E-state index in [1.807, 2.05) is 4.57 Å². The number of primary sulfonamides is 1. The van der Waals surface area contributed by atoms with E-state index in [1.54, 1.807) is 24.3 Å². The number of ketones is 1. The van der Waals surface area contributed by atoms with E-state index in [4.69, 9.17) is 5.14 Å². The molecule has 1 aliphatic rings. The summed E-state index contributed by atoms with van der Waals surface area (Å²) in [7, 11) is -3.82. The molecule has 0 saturated carbocycles. The average molecular weight is 459 g/mol. The van der Waals surface area contributed by atoms with Gasteiger partial charge in [0.25, 0.3) is 0 Å². The average Bonchev–Trinajstić information content (AvgIpc) is 3.27. The van der Waals surface area contributed by atoms with Gasteiger partial charge in [-0.15, -0.1) is 0 Å². The molecule has 162 valence electrons. The molecule has 0 fully saturated rings. The molecule has 0 saturated heterocycles. The molecule has 8 nitrogen and oxygen atoms in total. The van der Waals surface area contributed by atoms with Gasteiger partial charge in [-0.05, 0) is 48.4 Å². The third-order valence-electron chi connectivity index (χ3n) is 5.13. The summed E-state index contributed by atoms with van der Waals surface area (Å²) in [6, 6.07) is 9.86. The highest BCUT2D eigenvalue weighted by Gasteiger charge is 2.20. The first-order valence-corrected chi connectivity index (χ1v) is 12.4. The Labute approximate surface area is 184 Å². The van der Waals surface area contributed by atoms with Crippen LogP contribution in [0.4, 0.5) is 5.69 Å². The Hall–Kier alpha value is -2.69. The fourth-order valence-electron chi connectivity index (χ4n) is 3.52. The van der Waals surface area contributed by atoms with E-state index in [0.29, 0.717) is 22.8 Å². The summed E-state index contributed by atoms with van der Waals surface area (Å²) in [4.78, 5) is 28.9. The first-order chi connectivity index (χ1) is 14.8. The second kappa shape index (κ2) is 8.45. The molecule has 0 aliphatic carbocycles. The van der Waals surface area contributed by atoms with Crippen molar-refractivity contribution in [1.29, 1.82) is 0 Å². The summed E-state index contributed by atoms with van der Waals surface area (Å²) in [6.45, 7) is 2.80. The number of carbonyl (C=O) groups is 2. The minimum absolute atomic E-state index is 0.00839. The largest absolute Gasteiger partial charge is 0.326 e. The van der Waals surface area contributed by atoms with Gasteiger partial charge in [-0.1, -0.05) is 25.1 Å². The summed E-state index contributed by atoms with van der Waals surface area (Å²) in [6.07, 6.45) is 2.19. The molecule has 2 heterocycles. The summed E-state index contributed by atoms with van der Waals surface area (Å²) in [5.74, 6) is 0.0430. The van der Waals surface area contributed by atoms with Gasteiger partial charge in [-0.3, -0.25) is 9.59 Å². The number of nitrogens with one attached hydrogen (secondary N) is 1. The molecule has 2 aromatic carbocycles. The Bertz CT molecular complexity index is 1300. The highest BCUT2D eigenvalue weighted by molar-refractivity contribution is 7.99. The molecule has 1 aliphatic heterocycles. The lowest BCUT2D eigenvalue weighted by Crippen LogP contribution is -2.11. The number of sulfonamides is 1. The van der Waals surface area contributed by atoms with Crippen LogP contribution < -0.4 is 10.5 Å². The number of amides is 1. The zero-order valence-corrected chi connectivity index (χ0v) is 18.6. The lowest BCUT2D eigenvalue weighted by molar-refractivity contribution is -0.115. The number of hydrogen-bond acceptors (Lipinski definition) is 6. The van der Waals surface area contributed by atoms with Gasteiger partial charge in [0.2, 0.25) is 15.9 Å². The van der Waals surface area contributed by atoms with Crippen molar-refractivity contribution >= 4 is 50.2 Å². The fourth-order valence-corrected chi connectivity index (χ4v) is 4.99. The van der Waals surface area contributed by atoms with Crippen molar-refractivity contribution in [2.75, 3.05) is 11.1 Å². The van der Waals surface area contributed by atoms with Crippen LogP contribution in [-0.4, -0.2) is 35.4 Å². The predicted molar refractivity (Wildman–Crippen MR) is 120 cm³/mol. The van der Waals surface area contributed by atoms with E-state index in [2.05, 4.69) is 17.2 Å². The zero-order chi connectivity index (χ0) is 22.2. The predicted octanol–water partition coefficient (Wildman–Crippen LogP) is 2.95. The van der Waals surface area contributed by atoms with E-state index >= 15 is 0 Å². The number of fused-ring (bicyclic) bond motifs is 2. The number of benzene rings is 2. The fraction of sp³-hybridized carbons (Fsp3) is 0.286. The lowest BCUT2D eigenvalue weighted by atomic mass is 10.1. The zero-order valence-electron chi connectivity index (χ0n) is 16.9. The number of rotatable bonds is 8. The molecule has 0 unspecified atom stereocenters. The molecule has 0 spiro atoms. The second-order valence-corrected chi connectivity index (χ2v) is 9.91. The van der Waals surface area contributed by atoms with E-state index in [-0.39, 0.29) is 28.8 Å². The van der Waals surface area contributed by atoms with Gasteiger partial charge in [0.05, 0.1) is 28.1 Å². The third-order valence-corrected chi connectivity index (χ3v) is 7.02. The maximum atomic E-state index is 12.8. The van der Waals surface area contributed by atoms with Gasteiger partial charge in [0.1, 0.15) is 0 Å². The highest BCUT2D eigenvalue weighted by Crippen LogP contribution is 2.28. The Kier molecular flexibility index (Phi) is 5.87. The smallest absolute Gasteiger partial charge is 0.238 e. The summed E-state index contributed by atoms with van der Waals surface area (Å²) < 4.78 is 25.4. The van der Waals surface area contributed by atoms with Crippen molar-refractivity contribution in [2.45, 2.75) is 42.8 Å². The minimum Gasteiger partial charge on any atom is -0.326 e. The highest BCUT2D eigenvalue weighted by atomic mass is 32.2. The van der Waals surface area contributed by atoms with Crippen molar-refractivity contribution in [1.82, 2.24) is 9.55 Å². The molecule has 10 heteroatoms. The first kappa shape index (κ1) is 21.5. The molecule has 1 amide bonds. The number of nitrogens with two attached hydrogens (primary N) is 1. The van der Waals surface area contributed by atoms with Crippen LogP contribution in [0.5, 0.6) is 0 Å². The molecule has 4 rings (SSSR count). The van der Waals surface area contributed by atoms with Crippen molar-refractivity contribution in [3.63, 3.8) is 0 Å². The molecular formula is C21H22N4O4S2. The maximum absolute atomic E-state index is 12.8. The Morgan fingerprint density at radius 2 is 2.06 bits per heavy atom.